The molecule has 0 aromatic heterocycles. The van der Waals surface area contributed by atoms with E-state index in [1.165, 1.54) is 38.5 Å². The van der Waals surface area contributed by atoms with Gasteiger partial charge in [0.2, 0.25) is 0 Å². The summed E-state index contributed by atoms with van der Waals surface area (Å²) in [6.45, 7) is 6.91. The van der Waals surface area contributed by atoms with Gasteiger partial charge in [0.05, 0.1) is 0 Å². The Morgan fingerprint density at radius 3 is 2.50 bits per heavy atom. The van der Waals surface area contributed by atoms with Crippen LogP contribution in [0.3, 0.4) is 0 Å². The zero-order valence-corrected chi connectivity index (χ0v) is 11.4. The molecule has 2 nitrogen and oxygen atoms in total. The van der Waals surface area contributed by atoms with Crippen molar-refractivity contribution in [3.63, 3.8) is 0 Å². The molecule has 1 aliphatic heterocycles. The van der Waals surface area contributed by atoms with Crippen LogP contribution in [-0.4, -0.2) is 29.1 Å². The number of likely N-dealkylation sites (tertiary alicyclic amines) is 1. The lowest BCUT2D eigenvalue weighted by Gasteiger charge is -2.29. The Morgan fingerprint density at radius 2 is 1.94 bits per heavy atom. The highest BCUT2D eigenvalue weighted by Crippen LogP contribution is 2.29. The minimum absolute atomic E-state index is 0.443. The summed E-state index contributed by atoms with van der Waals surface area (Å²) in [7, 11) is 0. The van der Waals surface area contributed by atoms with Gasteiger partial charge in [-0.25, -0.2) is 0 Å². The van der Waals surface area contributed by atoms with Gasteiger partial charge >= 0.3 is 0 Å². The number of nitrogens with zero attached hydrogens (tertiary/aromatic N) is 1. The summed E-state index contributed by atoms with van der Waals surface area (Å²) in [5, 5.41) is 4.55. The second kappa shape index (κ2) is 4.91. The number of rotatable bonds is 1. The lowest BCUT2D eigenvalue weighted by molar-refractivity contribution is 0.360. The fourth-order valence-corrected chi connectivity index (χ4v) is 3.12. The van der Waals surface area contributed by atoms with Crippen LogP contribution in [0.2, 0.25) is 0 Å². The molecule has 1 aliphatic carbocycles. The molecule has 16 heavy (non-hydrogen) atoms. The third kappa shape index (κ3) is 3.09. The molecule has 0 spiro atoms. The normalized spacial score (nSPS) is 25.8. The maximum atomic E-state index is 5.51. The van der Waals surface area contributed by atoms with Crippen LogP contribution in [0.1, 0.15) is 52.4 Å². The van der Waals surface area contributed by atoms with Gasteiger partial charge in [0.1, 0.15) is 0 Å². The molecule has 0 aromatic carbocycles. The molecule has 0 bridgehead atoms. The second-order valence-corrected chi connectivity index (χ2v) is 6.51. The van der Waals surface area contributed by atoms with Crippen LogP contribution in [0.25, 0.3) is 0 Å². The van der Waals surface area contributed by atoms with Gasteiger partial charge in [-0.05, 0) is 36.9 Å². The minimum Gasteiger partial charge on any atom is -0.360 e. The highest BCUT2D eigenvalue weighted by molar-refractivity contribution is 7.80. The minimum atomic E-state index is 0.443. The van der Waals surface area contributed by atoms with Crippen molar-refractivity contribution >= 4 is 17.3 Å². The van der Waals surface area contributed by atoms with Gasteiger partial charge in [0, 0.05) is 19.1 Å². The Morgan fingerprint density at radius 1 is 1.25 bits per heavy atom. The smallest absolute Gasteiger partial charge is 0.169 e. The molecule has 1 heterocycles. The summed E-state index contributed by atoms with van der Waals surface area (Å²) >= 11 is 5.51. The van der Waals surface area contributed by atoms with Crippen LogP contribution in [0.15, 0.2) is 0 Å². The van der Waals surface area contributed by atoms with Gasteiger partial charge in [-0.15, -0.1) is 0 Å². The SMILES string of the molecule is CC1(C)CCN(C(=S)NC2CCCCC2)C1. The lowest BCUT2D eigenvalue weighted by atomic mass is 9.93. The highest BCUT2D eigenvalue weighted by Gasteiger charge is 2.31. The van der Waals surface area contributed by atoms with Crippen molar-refractivity contribution in [2.24, 2.45) is 5.41 Å². The molecule has 0 aromatic rings. The van der Waals surface area contributed by atoms with Crippen LogP contribution in [0, 0.1) is 5.41 Å². The van der Waals surface area contributed by atoms with Crippen molar-refractivity contribution in [1.29, 1.82) is 0 Å². The van der Waals surface area contributed by atoms with E-state index >= 15 is 0 Å². The van der Waals surface area contributed by atoms with Crippen LogP contribution in [0.4, 0.5) is 0 Å². The molecule has 1 N–H and O–H groups in total. The molecule has 0 atom stereocenters. The number of thiocarbonyl (C=S) groups is 1. The summed E-state index contributed by atoms with van der Waals surface area (Å²) in [5.74, 6) is 0. The predicted molar refractivity (Wildman–Crippen MR) is 72.6 cm³/mol. The number of hydrogen-bond donors (Lipinski definition) is 1. The molecule has 2 fully saturated rings. The fourth-order valence-electron chi connectivity index (χ4n) is 2.80. The maximum Gasteiger partial charge on any atom is 0.169 e. The number of nitrogens with one attached hydrogen (secondary N) is 1. The van der Waals surface area contributed by atoms with Crippen LogP contribution in [0.5, 0.6) is 0 Å². The van der Waals surface area contributed by atoms with Crippen LogP contribution >= 0.6 is 12.2 Å². The molecule has 92 valence electrons. The Balaban J connectivity index is 1.79. The summed E-state index contributed by atoms with van der Waals surface area (Å²) < 4.78 is 0. The van der Waals surface area contributed by atoms with E-state index in [2.05, 4.69) is 24.1 Å². The highest BCUT2D eigenvalue weighted by atomic mass is 32.1. The molecule has 1 saturated heterocycles. The Hall–Kier alpha value is -0.310. The van der Waals surface area contributed by atoms with E-state index < -0.39 is 0 Å². The van der Waals surface area contributed by atoms with Gasteiger partial charge in [-0.1, -0.05) is 33.1 Å². The molecule has 0 unspecified atom stereocenters. The summed E-state index contributed by atoms with van der Waals surface area (Å²) in [6, 6.07) is 0.643. The van der Waals surface area contributed by atoms with Crippen molar-refractivity contribution < 1.29 is 0 Å². The zero-order chi connectivity index (χ0) is 11.6. The topological polar surface area (TPSA) is 15.3 Å². The number of hydrogen-bond acceptors (Lipinski definition) is 1. The van der Waals surface area contributed by atoms with E-state index in [0.29, 0.717) is 11.5 Å². The van der Waals surface area contributed by atoms with Crippen molar-refractivity contribution in [1.82, 2.24) is 10.2 Å². The third-order valence-corrected chi connectivity index (χ3v) is 4.27. The summed E-state index contributed by atoms with van der Waals surface area (Å²) in [6.07, 6.45) is 8.01. The van der Waals surface area contributed by atoms with Gasteiger partial charge in [-0.3, -0.25) is 0 Å². The molecular formula is C13H24N2S. The summed E-state index contributed by atoms with van der Waals surface area (Å²) in [5.41, 5.74) is 0.443. The first-order valence-corrected chi connectivity index (χ1v) is 7.03. The van der Waals surface area contributed by atoms with E-state index in [9.17, 15) is 0 Å². The van der Waals surface area contributed by atoms with Gasteiger partial charge in [-0.2, -0.15) is 0 Å². The van der Waals surface area contributed by atoms with Crippen molar-refractivity contribution in [3.05, 3.63) is 0 Å². The first kappa shape index (κ1) is 12.2. The van der Waals surface area contributed by atoms with Gasteiger partial charge < -0.3 is 10.2 Å². The van der Waals surface area contributed by atoms with Crippen molar-refractivity contribution in [2.75, 3.05) is 13.1 Å². The lowest BCUT2D eigenvalue weighted by Crippen LogP contribution is -2.44. The average Bonchev–Trinajstić information content (AvgIpc) is 2.60. The Labute approximate surface area is 105 Å². The first-order valence-electron chi connectivity index (χ1n) is 6.62. The fraction of sp³-hybridized carbons (Fsp3) is 0.923. The molecule has 0 radical (unpaired) electrons. The van der Waals surface area contributed by atoms with E-state index in [1.807, 2.05) is 0 Å². The van der Waals surface area contributed by atoms with Crippen LogP contribution < -0.4 is 5.32 Å². The predicted octanol–water partition coefficient (Wildman–Crippen LogP) is 2.93. The summed E-state index contributed by atoms with van der Waals surface area (Å²) in [4.78, 5) is 2.35. The first-order chi connectivity index (χ1) is 7.57. The standard InChI is InChI=1S/C13H24N2S/c1-13(2)8-9-15(10-13)12(16)14-11-6-4-3-5-7-11/h11H,3-10H2,1-2H3,(H,14,16). The van der Waals surface area contributed by atoms with Gasteiger partial charge in [0.25, 0.3) is 0 Å². The molecule has 2 aliphatic rings. The molecule has 1 saturated carbocycles. The van der Waals surface area contributed by atoms with Crippen molar-refractivity contribution in [2.45, 2.75) is 58.4 Å². The Bertz CT molecular complexity index is 257. The van der Waals surface area contributed by atoms with Gasteiger partial charge in [0.15, 0.2) is 5.11 Å². The molecule has 3 heteroatoms. The van der Waals surface area contributed by atoms with E-state index in [-0.39, 0.29) is 0 Å². The Kier molecular flexibility index (Phi) is 3.73. The van der Waals surface area contributed by atoms with Crippen molar-refractivity contribution in [3.8, 4) is 0 Å². The molecular weight excluding hydrogens is 216 g/mol. The van der Waals surface area contributed by atoms with E-state index in [4.69, 9.17) is 12.2 Å². The largest absolute Gasteiger partial charge is 0.360 e. The zero-order valence-electron chi connectivity index (χ0n) is 10.6. The van der Waals surface area contributed by atoms with Crippen LogP contribution in [-0.2, 0) is 0 Å². The quantitative estimate of drug-likeness (QED) is 0.710. The van der Waals surface area contributed by atoms with E-state index in [0.717, 1.165) is 18.2 Å². The molecule has 0 amide bonds. The molecule has 2 rings (SSSR count). The average molecular weight is 240 g/mol. The van der Waals surface area contributed by atoms with E-state index in [1.54, 1.807) is 0 Å². The second-order valence-electron chi connectivity index (χ2n) is 6.12. The monoisotopic (exact) mass is 240 g/mol. The third-order valence-electron chi connectivity index (χ3n) is 3.90. The maximum absolute atomic E-state index is 5.51.